The van der Waals surface area contributed by atoms with E-state index in [0.717, 1.165) is 0 Å². The molecule has 0 aliphatic carbocycles. The number of nitrogens with two attached hydrogens (primary N) is 3. The van der Waals surface area contributed by atoms with Crippen molar-refractivity contribution in [3.63, 3.8) is 0 Å². The Bertz CT molecular complexity index is 261. The van der Waals surface area contributed by atoms with E-state index in [9.17, 15) is 9.59 Å². The lowest BCUT2D eigenvalue weighted by Crippen LogP contribution is -2.44. The Morgan fingerprint density at radius 2 is 2.12 bits per heavy atom. The van der Waals surface area contributed by atoms with Gasteiger partial charge in [-0.2, -0.15) is 0 Å². The van der Waals surface area contributed by atoms with Crippen LogP contribution >= 0.6 is 0 Å². The molecule has 0 saturated heterocycles. The fraction of sp³-hybridized carbons (Fsp3) is 0.667. The predicted octanol–water partition coefficient (Wildman–Crippen LogP) is -1.93. The maximum absolute atomic E-state index is 11.2. The molecule has 0 spiro atoms. The molecule has 7 heteroatoms. The first-order chi connectivity index (χ1) is 7.47. The molecule has 0 aromatic heterocycles. The number of hydrogen-bond donors (Lipinski definition) is 4. The highest BCUT2D eigenvalue weighted by Crippen LogP contribution is 1.95. The zero-order valence-electron chi connectivity index (χ0n) is 9.35. The van der Waals surface area contributed by atoms with Gasteiger partial charge in [-0.3, -0.25) is 9.79 Å². The highest BCUT2D eigenvalue weighted by atomic mass is 16.2. The van der Waals surface area contributed by atoms with Crippen LogP contribution < -0.4 is 22.5 Å². The molecular weight excluding hydrogens is 210 g/mol. The molecule has 0 radical (unpaired) electrons. The topological polar surface area (TPSA) is 137 Å². The van der Waals surface area contributed by atoms with Crippen molar-refractivity contribution < 1.29 is 9.59 Å². The molecule has 92 valence electrons. The quantitative estimate of drug-likeness (QED) is 0.174. The molecule has 0 rings (SSSR count). The number of aliphatic imine (C=N–C) groups is 1. The van der Waals surface area contributed by atoms with Gasteiger partial charge in [-0.1, -0.05) is 0 Å². The van der Waals surface area contributed by atoms with Crippen molar-refractivity contribution in [2.75, 3.05) is 6.54 Å². The summed E-state index contributed by atoms with van der Waals surface area (Å²) < 4.78 is 0. The number of amides is 1. The van der Waals surface area contributed by atoms with Crippen molar-refractivity contribution >= 4 is 18.2 Å². The van der Waals surface area contributed by atoms with Crippen molar-refractivity contribution in [1.29, 1.82) is 0 Å². The minimum absolute atomic E-state index is 0.0160. The standard InChI is InChI=1S/C9H19N5O2/c1-6(10)8(16)14-7(5-15)3-2-4-13-9(11)12/h5-7H,2-4,10H2,1H3,(H,14,16)(H4,11,12,13)/t6-,7+/m0/s1. The van der Waals surface area contributed by atoms with E-state index >= 15 is 0 Å². The molecule has 1 amide bonds. The molecule has 2 atom stereocenters. The van der Waals surface area contributed by atoms with Crippen molar-refractivity contribution in [3.05, 3.63) is 0 Å². The summed E-state index contributed by atoms with van der Waals surface area (Å²) in [5.41, 5.74) is 15.6. The van der Waals surface area contributed by atoms with E-state index in [1.165, 1.54) is 0 Å². The lowest BCUT2D eigenvalue weighted by atomic mass is 10.1. The number of hydrogen-bond acceptors (Lipinski definition) is 4. The Hall–Kier alpha value is -1.63. The Kier molecular flexibility index (Phi) is 6.86. The Morgan fingerprint density at radius 1 is 1.50 bits per heavy atom. The highest BCUT2D eigenvalue weighted by molar-refractivity contribution is 5.83. The molecular formula is C9H19N5O2. The largest absolute Gasteiger partial charge is 0.370 e. The van der Waals surface area contributed by atoms with Gasteiger partial charge < -0.3 is 27.3 Å². The monoisotopic (exact) mass is 229 g/mol. The van der Waals surface area contributed by atoms with Crippen molar-refractivity contribution in [3.8, 4) is 0 Å². The van der Waals surface area contributed by atoms with E-state index in [0.29, 0.717) is 25.7 Å². The van der Waals surface area contributed by atoms with Crippen LogP contribution in [0.3, 0.4) is 0 Å². The second-order valence-corrected chi connectivity index (χ2v) is 3.49. The lowest BCUT2D eigenvalue weighted by Gasteiger charge is -2.13. The summed E-state index contributed by atoms with van der Waals surface area (Å²) in [5.74, 6) is -0.332. The molecule has 0 bridgehead atoms. The molecule has 0 fully saturated rings. The number of aldehydes is 1. The summed E-state index contributed by atoms with van der Waals surface area (Å²) in [6.07, 6.45) is 1.77. The van der Waals surface area contributed by atoms with Gasteiger partial charge in [0.15, 0.2) is 5.96 Å². The second-order valence-electron chi connectivity index (χ2n) is 3.49. The molecule has 7 N–H and O–H groups in total. The Balaban J connectivity index is 3.88. The fourth-order valence-corrected chi connectivity index (χ4v) is 1.01. The van der Waals surface area contributed by atoms with Crippen LogP contribution in [0, 0.1) is 0 Å². The Labute approximate surface area is 94.4 Å². The summed E-state index contributed by atoms with van der Waals surface area (Å²) in [6, 6.07) is -1.16. The van der Waals surface area contributed by atoms with Gasteiger partial charge in [0.05, 0.1) is 12.1 Å². The summed E-state index contributed by atoms with van der Waals surface area (Å²) in [7, 11) is 0. The third-order valence-corrected chi connectivity index (χ3v) is 1.87. The minimum Gasteiger partial charge on any atom is -0.370 e. The van der Waals surface area contributed by atoms with Crippen LogP contribution in [0.5, 0.6) is 0 Å². The van der Waals surface area contributed by atoms with E-state index in [1.807, 2.05) is 0 Å². The third kappa shape index (κ3) is 6.77. The van der Waals surface area contributed by atoms with E-state index in [1.54, 1.807) is 6.92 Å². The van der Waals surface area contributed by atoms with Crippen LogP contribution in [-0.4, -0.2) is 36.8 Å². The first-order valence-corrected chi connectivity index (χ1v) is 5.04. The Morgan fingerprint density at radius 3 is 2.56 bits per heavy atom. The molecule has 0 saturated carbocycles. The van der Waals surface area contributed by atoms with Crippen LogP contribution in [-0.2, 0) is 9.59 Å². The highest BCUT2D eigenvalue weighted by Gasteiger charge is 2.13. The molecule has 0 aromatic carbocycles. The van der Waals surface area contributed by atoms with Gasteiger partial charge in [-0.05, 0) is 19.8 Å². The number of nitrogens with one attached hydrogen (secondary N) is 1. The first kappa shape index (κ1) is 14.4. The number of carbonyl (C=O) groups excluding carboxylic acids is 2. The zero-order chi connectivity index (χ0) is 12.6. The van der Waals surface area contributed by atoms with E-state index in [4.69, 9.17) is 17.2 Å². The van der Waals surface area contributed by atoms with Gasteiger partial charge in [0.2, 0.25) is 5.91 Å². The predicted molar refractivity (Wildman–Crippen MR) is 61.6 cm³/mol. The van der Waals surface area contributed by atoms with Crippen molar-refractivity contribution in [2.45, 2.75) is 31.8 Å². The fourth-order valence-electron chi connectivity index (χ4n) is 1.01. The maximum Gasteiger partial charge on any atom is 0.237 e. The first-order valence-electron chi connectivity index (χ1n) is 5.04. The van der Waals surface area contributed by atoms with Crippen LogP contribution in [0.25, 0.3) is 0 Å². The molecule has 16 heavy (non-hydrogen) atoms. The third-order valence-electron chi connectivity index (χ3n) is 1.87. The number of guanidine groups is 1. The normalized spacial score (nSPS) is 13.6. The number of carbonyl (C=O) groups is 2. The summed E-state index contributed by atoms with van der Waals surface area (Å²) in [5, 5.41) is 2.51. The zero-order valence-corrected chi connectivity index (χ0v) is 9.35. The second kappa shape index (κ2) is 7.63. The lowest BCUT2D eigenvalue weighted by molar-refractivity contribution is -0.124. The number of nitrogens with zero attached hydrogens (tertiary/aromatic N) is 1. The SMILES string of the molecule is C[C@H](N)C(=O)N[C@@H](C=O)CCCN=C(N)N. The van der Waals surface area contributed by atoms with E-state index in [2.05, 4.69) is 10.3 Å². The van der Waals surface area contributed by atoms with E-state index < -0.39 is 12.1 Å². The van der Waals surface area contributed by atoms with Crippen molar-refractivity contribution in [2.24, 2.45) is 22.2 Å². The van der Waals surface area contributed by atoms with Gasteiger partial charge in [0, 0.05) is 6.54 Å². The summed E-state index contributed by atoms with van der Waals surface area (Å²) in [4.78, 5) is 25.6. The van der Waals surface area contributed by atoms with Crippen molar-refractivity contribution in [1.82, 2.24) is 5.32 Å². The van der Waals surface area contributed by atoms with Gasteiger partial charge >= 0.3 is 0 Å². The van der Waals surface area contributed by atoms with Gasteiger partial charge in [-0.25, -0.2) is 0 Å². The minimum atomic E-state index is -0.625. The van der Waals surface area contributed by atoms with Gasteiger partial charge in [-0.15, -0.1) is 0 Å². The van der Waals surface area contributed by atoms with Gasteiger partial charge in [0.25, 0.3) is 0 Å². The van der Waals surface area contributed by atoms with Crippen LogP contribution in [0.15, 0.2) is 4.99 Å². The summed E-state index contributed by atoms with van der Waals surface area (Å²) in [6.45, 7) is 1.98. The summed E-state index contributed by atoms with van der Waals surface area (Å²) >= 11 is 0. The molecule has 0 unspecified atom stereocenters. The molecule has 0 heterocycles. The van der Waals surface area contributed by atoms with Crippen LogP contribution in [0.2, 0.25) is 0 Å². The smallest absolute Gasteiger partial charge is 0.237 e. The van der Waals surface area contributed by atoms with E-state index in [-0.39, 0.29) is 11.9 Å². The number of rotatable bonds is 7. The average molecular weight is 229 g/mol. The maximum atomic E-state index is 11.2. The molecule has 0 aromatic rings. The van der Waals surface area contributed by atoms with Crippen LogP contribution in [0.1, 0.15) is 19.8 Å². The van der Waals surface area contributed by atoms with Crippen LogP contribution in [0.4, 0.5) is 0 Å². The molecule has 0 aliphatic rings. The molecule has 0 aliphatic heterocycles. The molecule has 7 nitrogen and oxygen atoms in total. The average Bonchev–Trinajstić information content (AvgIpc) is 2.21. The van der Waals surface area contributed by atoms with Gasteiger partial charge in [0.1, 0.15) is 6.29 Å².